The lowest BCUT2D eigenvalue weighted by molar-refractivity contribution is 0.668. The number of nitriles is 1. The number of thiophene rings is 5. The summed E-state index contributed by atoms with van der Waals surface area (Å²) in [6, 6.07) is 137. The van der Waals surface area contributed by atoms with Gasteiger partial charge in [0.15, 0.2) is 29.1 Å². The summed E-state index contributed by atoms with van der Waals surface area (Å²) in [5.41, 5.74) is 19.4. The van der Waals surface area contributed by atoms with Crippen molar-refractivity contribution in [3.63, 3.8) is 0 Å². The molecule has 137 heavy (non-hydrogen) atoms. The number of hydrogen-bond donors (Lipinski definition) is 0. The summed E-state index contributed by atoms with van der Waals surface area (Å²) < 4.78 is 37.3. The number of hydrogen-bond acceptors (Lipinski definition) is 17. The van der Waals surface area contributed by atoms with Gasteiger partial charge in [-0.05, 0) is 182 Å². The van der Waals surface area contributed by atoms with Crippen molar-refractivity contribution in [3.05, 3.63) is 394 Å². The molecule has 0 saturated heterocycles. The molecule has 0 saturated carbocycles. The average Bonchev–Trinajstić information content (AvgIpc) is 1.68. The summed E-state index contributed by atoms with van der Waals surface area (Å²) in [7, 11) is 0. The Hall–Kier alpha value is -17.1. The highest BCUT2D eigenvalue weighted by atomic mass is 32.1. The quantitative estimate of drug-likeness (QED) is 0.134. The van der Waals surface area contributed by atoms with Crippen LogP contribution in [0.15, 0.2) is 406 Å². The fourth-order valence-corrected chi connectivity index (χ4v) is 25.1. The zero-order valence-electron chi connectivity index (χ0n) is 72.2. The average molecular weight is 1840 g/mol. The second-order valence-electron chi connectivity index (χ2n) is 34.3. The summed E-state index contributed by atoms with van der Waals surface area (Å²) in [5, 5.41) is 30.4. The topological polar surface area (TPSA) is 167 Å². The first-order valence-corrected chi connectivity index (χ1v) is 49.0. The third kappa shape index (κ3) is 13.5. The normalized spacial score (nSPS) is 11.9. The first-order valence-electron chi connectivity index (χ1n) is 44.9. The predicted molar refractivity (Wildman–Crippen MR) is 571 cm³/mol. The van der Waals surface area contributed by atoms with Crippen LogP contribution in [0.25, 0.3) is 291 Å². The van der Waals surface area contributed by atoms with Crippen LogP contribution in [0, 0.1) is 11.3 Å². The molecule has 0 aliphatic heterocycles. The first-order chi connectivity index (χ1) is 67.7. The molecular formula is C120H64N8O4S5. The van der Waals surface area contributed by atoms with E-state index < -0.39 is 0 Å². The summed E-state index contributed by atoms with van der Waals surface area (Å²) in [6.45, 7) is 0. The lowest BCUT2D eigenvalue weighted by Gasteiger charge is -2.10. The molecule has 0 unspecified atom stereocenters. The summed E-state index contributed by atoms with van der Waals surface area (Å²) in [5.74, 6) is 3.08. The Balaban J connectivity index is 0.000000102. The van der Waals surface area contributed by atoms with Gasteiger partial charge in [0.2, 0.25) is 0 Å². The van der Waals surface area contributed by atoms with Crippen molar-refractivity contribution >= 4 is 245 Å². The molecule has 0 fully saturated rings. The van der Waals surface area contributed by atoms with Crippen molar-refractivity contribution in [1.82, 2.24) is 34.9 Å². The van der Waals surface area contributed by atoms with Gasteiger partial charge in [0.05, 0.1) is 34.4 Å². The molecule has 30 aromatic rings. The number of benzene rings is 18. The van der Waals surface area contributed by atoms with Gasteiger partial charge in [0.25, 0.3) is 0 Å². The van der Waals surface area contributed by atoms with Gasteiger partial charge >= 0.3 is 0 Å². The fraction of sp³-hybridized carbons (Fsp3) is 0. The smallest absolute Gasteiger partial charge is 0.164 e. The van der Waals surface area contributed by atoms with Gasteiger partial charge < -0.3 is 17.7 Å². The molecule has 12 nitrogen and oxygen atoms in total. The Bertz CT molecular complexity index is 9590. The Morgan fingerprint density at radius 3 is 0.810 bits per heavy atom. The zero-order chi connectivity index (χ0) is 90.0. The van der Waals surface area contributed by atoms with Gasteiger partial charge in [-0.2, -0.15) is 5.26 Å². The van der Waals surface area contributed by atoms with Gasteiger partial charge in [-0.1, -0.05) is 206 Å². The van der Waals surface area contributed by atoms with Crippen molar-refractivity contribution < 1.29 is 17.7 Å². The standard InChI is InChI=1S/C40H20N4O2S.2C40H22N2OS2/c41-21-22-9-13-27-29-15-11-24(19-35(29)46-33(27)17-22)39-42-38(23-10-14-28-26-5-1-3-7-32(26)45-34(28)18-23)43-40(44-39)25-12-16-31-30-6-2-4-8-36(30)47-37(31)20-25;1-4-10-34-26(7-1)30-20-25(14-17-35(30)43-34)40-41-32(23-15-18-38-31(19-23)28-9-3-6-12-37(28)44-38)22-33(42-40)24-13-16-29-27-8-2-5-11-36(27)45-39(29)21-24;1-4-10-34-26(7-1)30-19-23(14-17-35(30)43-34)32-22-33(24-15-18-38-31(20-24)28-9-3-6-12-37(28)44-38)42-40(41-32)25-13-16-29-27-8-2-5-11-36(27)45-39(29)21-25/h1-20H;2*1-22H. The second-order valence-corrected chi connectivity index (χ2v) is 39.8. The SMILES string of the molecule is N#Cc1ccc2c(c1)oc1cc(-c3nc(-c4ccc5c(c4)oc4ccccc45)nc(-c4ccc5c(c4)sc4ccccc45)n3)ccc12.c1ccc2c(c1)oc1ccc(-c3cc(-c4ccc5sc6ccccc6c5c4)nc(-c4ccc5c(c4)sc4ccccc45)n3)cc12.c1ccc2c(c1)oc1ccc(-c3nc(-c4ccc5c(c4)sc4ccccc45)cc(-c4ccc5sc6ccccc6c5c4)n3)cc12. The summed E-state index contributed by atoms with van der Waals surface area (Å²) >= 11 is 9.07. The van der Waals surface area contributed by atoms with Gasteiger partial charge in [-0.25, -0.2) is 34.9 Å². The van der Waals surface area contributed by atoms with Crippen LogP contribution in [0.5, 0.6) is 0 Å². The van der Waals surface area contributed by atoms with E-state index in [1.54, 1.807) is 17.4 Å². The van der Waals surface area contributed by atoms with Crippen molar-refractivity contribution in [2.45, 2.75) is 0 Å². The van der Waals surface area contributed by atoms with E-state index in [4.69, 9.17) is 52.6 Å². The van der Waals surface area contributed by atoms with Gasteiger partial charge in [-0.15, -0.1) is 56.7 Å². The number of nitrogens with zero attached hydrogens (tertiary/aromatic N) is 8. The number of fused-ring (bicyclic) bond motifs is 27. The molecule has 0 atom stereocenters. The maximum absolute atomic E-state index is 9.38. The van der Waals surface area contributed by atoms with E-state index >= 15 is 0 Å². The Morgan fingerprint density at radius 2 is 0.394 bits per heavy atom. The van der Waals surface area contributed by atoms with Crippen LogP contribution in [0.4, 0.5) is 0 Å². The molecule has 0 spiro atoms. The second kappa shape index (κ2) is 31.6. The van der Waals surface area contributed by atoms with E-state index in [-0.39, 0.29) is 0 Å². The minimum Gasteiger partial charge on any atom is -0.456 e. The van der Waals surface area contributed by atoms with E-state index in [2.05, 4.69) is 291 Å². The highest BCUT2D eigenvalue weighted by molar-refractivity contribution is 7.27. The highest BCUT2D eigenvalue weighted by Gasteiger charge is 2.24. The van der Waals surface area contributed by atoms with Gasteiger partial charge in [0.1, 0.15) is 44.7 Å². The van der Waals surface area contributed by atoms with E-state index in [9.17, 15) is 5.26 Å². The molecule has 0 radical (unpaired) electrons. The molecular weight excluding hydrogens is 1780 g/mol. The molecule has 17 heteroatoms. The molecule has 0 aliphatic carbocycles. The minimum atomic E-state index is 0.534. The zero-order valence-corrected chi connectivity index (χ0v) is 76.3. The van der Waals surface area contributed by atoms with Crippen molar-refractivity contribution in [1.29, 1.82) is 5.26 Å². The number of aromatic nitrogens is 7. The van der Waals surface area contributed by atoms with E-state index in [0.29, 0.717) is 45.9 Å². The van der Waals surface area contributed by atoms with Gasteiger partial charge in [-0.3, -0.25) is 0 Å². The van der Waals surface area contributed by atoms with Crippen LogP contribution < -0.4 is 0 Å². The maximum Gasteiger partial charge on any atom is 0.164 e. The molecule has 12 aromatic heterocycles. The van der Waals surface area contributed by atoms with Crippen molar-refractivity contribution in [3.8, 4) is 108 Å². The summed E-state index contributed by atoms with van der Waals surface area (Å²) in [4.78, 5) is 35.9. The lowest BCUT2D eigenvalue weighted by atomic mass is 10.0. The molecule has 12 heterocycles. The first kappa shape index (κ1) is 78.6. The fourth-order valence-electron chi connectivity index (χ4n) is 19.5. The molecule has 0 bridgehead atoms. The molecule has 0 aliphatic rings. The number of para-hydroxylation sites is 3. The van der Waals surface area contributed by atoms with E-state index in [1.165, 1.54) is 101 Å². The Morgan fingerprint density at radius 1 is 0.161 bits per heavy atom. The lowest BCUT2D eigenvalue weighted by Crippen LogP contribution is -2.00. The molecule has 0 N–H and O–H groups in total. The Kier molecular flexibility index (Phi) is 18.1. The van der Waals surface area contributed by atoms with Crippen LogP contribution in [0.2, 0.25) is 0 Å². The monoisotopic (exact) mass is 1840 g/mol. The Labute approximate surface area is 798 Å². The largest absolute Gasteiger partial charge is 0.456 e. The summed E-state index contributed by atoms with van der Waals surface area (Å²) in [6.07, 6.45) is 0. The molecule has 30 rings (SSSR count). The van der Waals surface area contributed by atoms with Crippen LogP contribution in [-0.4, -0.2) is 34.9 Å². The van der Waals surface area contributed by atoms with Crippen LogP contribution in [-0.2, 0) is 0 Å². The van der Waals surface area contributed by atoms with Crippen LogP contribution in [0.3, 0.4) is 0 Å². The van der Waals surface area contributed by atoms with Crippen LogP contribution in [0.1, 0.15) is 5.56 Å². The maximum atomic E-state index is 9.38. The number of furan rings is 4. The van der Waals surface area contributed by atoms with E-state index in [0.717, 1.165) is 149 Å². The molecule has 638 valence electrons. The highest BCUT2D eigenvalue weighted by Crippen LogP contribution is 2.47. The predicted octanol–water partition coefficient (Wildman–Crippen LogP) is 35.1. The van der Waals surface area contributed by atoms with E-state index in [1.807, 2.05) is 142 Å². The third-order valence-corrected chi connectivity index (χ3v) is 31.9. The third-order valence-electron chi connectivity index (χ3n) is 26.2. The van der Waals surface area contributed by atoms with Crippen LogP contribution >= 0.6 is 56.7 Å². The van der Waals surface area contributed by atoms with Crippen molar-refractivity contribution in [2.75, 3.05) is 0 Å². The molecule has 0 amide bonds. The van der Waals surface area contributed by atoms with Gasteiger partial charge in [0, 0.05) is 194 Å². The van der Waals surface area contributed by atoms with Crippen molar-refractivity contribution in [2.24, 2.45) is 0 Å². The number of rotatable bonds is 9. The minimum absolute atomic E-state index is 0.534. The molecule has 18 aromatic carbocycles.